The van der Waals surface area contributed by atoms with Crippen molar-refractivity contribution in [1.29, 1.82) is 0 Å². The van der Waals surface area contributed by atoms with Crippen LogP contribution in [0.4, 0.5) is 17.6 Å². The van der Waals surface area contributed by atoms with Crippen molar-refractivity contribution in [3.05, 3.63) is 42.5 Å². The molecule has 2 fully saturated rings. The third-order valence-electron chi connectivity index (χ3n) is 8.03. The Balaban J connectivity index is 1.36. The Morgan fingerprint density at radius 1 is 1.02 bits per heavy atom. The number of nitrogens with zero attached hydrogens (tertiary/aromatic N) is 7. The lowest BCUT2D eigenvalue weighted by molar-refractivity contribution is -0.119. The van der Waals surface area contributed by atoms with Crippen molar-refractivity contribution in [2.24, 2.45) is 5.73 Å². The van der Waals surface area contributed by atoms with Crippen LogP contribution in [0.5, 0.6) is 17.2 Å². The van der Waals surface area contributed by atoms with Gasteiger partial charge >= 0.3 is 0 Å². The van der Waals surface area contributed by atoms with Crippen LogP contribution in [-0.4, -0.2) is 82.0 Å². The number of carbonyl (C=O) groups is 1. The van der Waals surface area contributed by atoms with Crippen molar-refractivity contribution >= 4 is 29.0 Å². The molecule has 2 aliphatic heterocycles. The van der Waals surface area contributed by atoms with Crippen LogP contribution < -0.4 is 30.2 Å². The van der Waals surface area contributed by atoms with Crippen LogP contribution in [0.25, 0.3) is 11.2 Å². The molecule has 5 heterocycles. The van der Waals surface area contributed by atoms with E-state index in [1.54, 1.807) is 27.7 Å². The maximum Gasteiger partial charge on any atom is 0.246 e. The van der Waals surface area contributed by atoms with Gasteiger partial charge < -0.3 is 34.7 Å². The van der Waals surface area contributed by atoms with Gasteiger partial charge in [-0.3, -0.25) is 9.69 Å². The summed E-state index contributed by atoms with van der Waals surface area (Å²) in [6.45, 7) is 3.60. The molecule has 13 heteroatoms. The van der Waals surface area contributed by atoms with Crippen molar-refractivity contribution < 1.29 is 19.0 Å². The highest BCUT2D eigenvalue weighted by atomic mass is 16.5. The number of ether oxygens (including phenoxy) is 3. The number of primary amides is 1. The van der Waals surface area contributed by atoms with E-state index < -0.39 is 6.04 Å². The molecular formula is C29H37N9O4. The molecule has 42 heavy (non-hydrogen) atoms. The number of piperidine rings is 1. The molecule has 2 saturated heterocycles. The molecule has 13 nitrogen and oxygen atoms in total. The number of imidazole rings is 1. The molecule has 0 aliphatic carbocycles. The normalized spacial score (nSPS) is 17.5. The molecule has 222 valence electrons. The van der Waals surface area contributed by atoms with Gasteiger partial charge in [-0.25, -0.2) is 9.50 Å². The largest absolute Gasteiger partial charge is 0.493 e. The van der Waals surface area contributed by atoms with Gasteiger partial charge in [0, 0.05) is 25.2 Å². The van der Waals surface area contributed by atoms with Crippen LogP contribution in [0.1, 0.15) is 37.8 Å². The van der Waals surface area contributed by atoms with Crippen LogP contribution in [-0.2, 0) is 11.3 Å². The summed E-state index contributed by atoms with van der Waals surface area (Å²) in [4.78, 5) is 26.1. The number of likely N-dealkylation sites (tertiary alicyclic amines) is 1. The van der Waals surface area contributed by atoms with Crippen LogP contribution in [0.15, 0.2) is 36.8 Å². The molecule has 6 rings (SSSR count). The fourth-order valence-corrected chi connectivity index (χ4v) is 5.89. The van der Waals surface area contributed by atoms with E-state index in [0.29, 0.717) is 47.8 Å². The highest BCUT2D eigenvalue weighted by Crippen LogP contribution is 2.39. The number of amides is 1. The summed E-state index contributed by atoms with van der Waals surface area (Å²) in [6, 6.07) is 7.39. The Hall–Kier alpha value is -4.52. The fourth-order valence-electron chi connectivity index (χ4n) is 5.89. The maximum absolute atomic E-state index is 12.2. The zero-order valence-electron chi connectivity index (χ0n) is 24.2. The third-order valence-corrected chi connectivity index (χ3v) is 8.03. The minimum Gasteiger partial charge on any atom is -0.493 e. The zero-order valence-corrected chi connectivity index (χ0v) is 24.2. The van der Waals surface area contributed by atoms with Gasteiger partial charge in [0.25, 0.3) is 0 Å². The smallest absolute Gasteiger partial charge is 0.246 e. The first-order valence-electron chi connectivity index (χ1n) is 14.3. The fraction of sp³-hybridized carbons (Fsp3) is 0.448. The van der Waals surface area contributed by atoms with Gasteiger partial charge in [0.1, 0.15) is 23.7 Å². The summed E-state index contributed by atoms with van der Waals surface area (Å²) >= 11 is 0. The lowest BCUT2D eigenvalue weighted by Crippen LogP contribution is -2.41. The molecule has 0 saturated carbocycles. The summed E-state index contributed by atoms with van der Waals surface area (Å²) in [5.74, 6) is 2.88. The Bertz CT molecular complexity index is 1550. The van der Waals surface area contributed by atoms with E-state index in [2.05, 4.69) is 21.3 Å². The summed E-state index contributed by atoms with van der Waals surface area (Å²) in [6.07, 6.45) is 8.79. The molecule has 4 aromatic rings. The average Bonchev–Trinajstić information content (AvgIpc) is 3.77. The number of hydrogen-bond acceptors (Lipinski definition) is 10. The van der Waals surface area contributed by atoms with Gasteiger partial charge in [-0.2, -0.15) is 4.98 Å². The third kappa shape index (κ3) is 5.27. The number of benzene rings is 1. The number of fused-ring (bicyclic) bond motifs is 1. The predicted molar refractivity (Wildman–Crippen MR) is 158 cm³/mol. The number of anilines is 3. The van der Waals surface area contributed by atoms with E-state index in [0.717, 1.165) is 43.0 Å². The number of aromatic nitrogens is 5. The first-order valence-corrected chi connectivity index (χ1v) is 14.3. The molecule has 1 aromatic carbocycles. The number of methoxy groups -OCH3 is 3. The average molecular weight is 576 g/mol. The lowest BCUT2D eigenvalue weighted by Gasteiger charge is -2.26. The Morgan fingerprint density at radius 3 is 2.48 bits per heavy atom. The Morgan fingerprint density at radius 2 is 1.79 bits per heavy atom. The minimum atomic E-state index is -0.435. The van der Waals surface area contributed by atoms with Gasteiger partial charge in [0.05, 0.1) is 38.9 Å². The Labute approximate surface area is 244 Å². The standard InChI is InChI=1S/C29H37N9O4/c1-40-23-14-20(15-24(41-2)26(23)42-3)36-17-25(31-18-36)32-28-22-10-9-19(16-35-11-5-4-6-12-35)38(22)34-29(33-28)37-13-7-8-21(37)27(30)39/h9-10,14-15,17-18,21H,4-8,11-13,16H2,1-3H3,(H2,30,39)(H,32,33,34)/t21-/m1/s1. The quantitative estimate of drug-likeness (QED) is 0.290. The topological polar surface area (TPSA) is 137 Å². The van der Waals surface area contributed by atoms with E-state index in [-0.39, 0.29) is 5.91 Å². The van der Waals surface area contributed by atoms with Crippen molar-refractivity contribution in [3.63, 3.8) is 0 Å². The van der Waals surface area contributed by atoms with Crippen molar-refractivity contribution in [3.8, 4) is 22.9 Å². The molecule has 2 aliphatic rings. The van der Waals surface area contributed by atoms with Crippen molar-refractivity contribution in [1.82, 2.24) is 29.0 Å². The molecule has 0 spiro atoms. The van der Waals surface area contributed by atoms with E-state index in [9.17, 15) is 4.79 Å². The lowest BCUT2D eigenvalue weighted by atomic mass is 10.1. The van der Waals surface area contributed by atoms with Crippen LogP contribution >= 0.6 is 0 Å². The summed E-state index contributed by atoms with van der Waals surface area (Å²) in [7, 11) is 4.74. The summed E-state index contributed by atoms with van der Waals surface area (Å²) in [5.41, 5.74) is 8.42. The maximum atomic E-state index is 12.2. The molecule has 3 N–H and O–H groups in total. The number of nitrogens with one attached hydrogen (secondary N) is 1. The highest BCUT2D eigenvalue weighted by Gasteiger charge is 2.32. The SMILES string of the molecule is COc1cc(-n2cnc(Nc3nc(N4CCC[C@@H]4C(N)=O)nn4c(CN5CCCCC5)ccc34)c2)cc(OC)c1OC. The second kappa shape index (κ2) is 11.8. The van der Waals surface area contributed by atoms with Crippen molar-refractivity contribution in [2.75, 3.05) is 51.2 Å². The monoisotopic (exact) mass is 575 g/mol. The van der Waals surface area contributed by atoms with Gasteiger partial charge in [0.15, 0.2) is 17.3 Å². The number of carbonyl (C=O) groups excluding carboxylic acids is 1. The predicted octanol–water partition coefficient (Wildman–Crippen LogP) is 3.12. The molecule has 0 radical (unpaired) electrons. The molecule has 1 amide bonds. The molecule has 3 aromatic heterocycles. The summed E-state index contributed by atoms with van der Waals surface area (Å²) in [5, 5.41) is 8.31. The van der Waals surface area contributed by atoms with Crippen LogP contribution in [0.2, 0.25) is 0 Å². The van der Waals surface area contributed by atoms with Gasteiger partial charge in [-0.1, -0.05) is 6.42 Å². The van der Waals surface area contributed by atoms with E-state index in [4.69, 9.17) is 30.0 Å². The summed E-state index contributed by atoms with van der Waals surface area (Å²) < 4.78 is 20.3. The van der Waals surface area contributed by atoms with Gasteiger partial charge in [-0.15, -0.1) is 5.10 Å². The minimum absolute atomic E-state index is 0.365. The highest BCUT2D eigenvalue weighted by molar-refractivity contribution is 5.84. The molecule has 0 bridgehead atoms. The second-order valence-corrected chi connectivity index (χ2v) is 10.6. The van der Waals surface area contributed by atoms with Gasteiger partial charge in [-0.05, 0) is 50.9 Å². The first kappa shape index (κ1) is 27.6. The first-order chi connectivity index (χ1) is 20.5. The Kier molecular flexibility index (Phi) is 7.74. The molecular weight excluding hydrogens is 538 g/mol. The number of rotatable bonds is 10. The zero-order chi connectivity index (χ0) is 29.2. The second-order valence-electron chi connectivity index (χ2n) is 10.6. The van der Waals surface area contributed by atoms with Gasteiger partial charge in [0.2, 0.25) is 17.6 Å². The molecule has 0 unspecified atom stereocenters. The van der Waals surface area contributed by atoms with E-state index in [1.807, 2.05) is 38.4 Å². The molecule has 1 atom stereocenters. The van der Waals surface area contributed by atoms with E-state index in [1.165, 1.54) is 19.3 Å². The van der Waals surface area contributed by atoms with Crippen LogP contribution in [0.3, 0.4) is 0 Å². The van der Waals surface area contributed by atoms with Crippen molar-refractivity contribution in [2.45, 2.75) is 44.7 Å². The number of hydrogen-bond donors (Lipinski definition) is 2. The number of nitrogens with two attached hydrogens (primary N) is 1. The van der Waals surface area contributed by atoms with Crippen LogP contribution in [0, 0.1) is 0 Å². The van der Waals surface area contributed by atoms with E-state index >= 15 is 0 Å².